The number of hydrogen-bond donors (Lipinski definition) is 0. The Morgan fingerprint density at radius 1 is 1.25 bits per heavy atom. The summed E-state index contributed by atoms with van der Waals surface area (Å²) in [5.41, 5.74) is 0. The molecule has 0 saturated heterocycles. The van der Waals surface area contributed by atoms with Crippen molar-refractivity contribution in [3.8, 4) is 5.82 Å². The predicted molar refractivity (Wildman–Crippen MR) is 41.3 cm³/mol. The maximum atomic E-state index is 13.0. The van der Waals surface area contributed by atoms with Crippen LogP contribution in [0.25, 0.3) is 5.82 Å². The third-order valence-electron chi connectivity index (χ3n) is 1.46. The molecule has 0 amide bonds. The number of hydrogen-bond acceptors (Lipinski definition) is 2. The zero-order valence-corrected chi connectivity index (χ0v) is 6.18. The van der Waals surface area contributed by atoms with E-state index in [0.29, 0.717) is 0 Å². The van der Waals surface area contributed by atoms with Crippen molar-refractivity contribution in [3.05, 3.63) is 42.6 Å². The van der Waals surface area contributed by atoms with Crippen molar-refractivity contribution in [2.24, 2.45) is 0 Å². The van der Waals surface area contributed by atoms with Gasteiger partial charge >= 0.3 is 0 Å². The van der Waals surface area contributed by atoms with Gasteiger partial charge < -0.3 is 0 Å². The number of aromatic nitrogens is 3. The third-order valence-corrected chi connectivity index (χ3v) is 1.46. The van der Waals surface area contributed by atoms with Gasteiger partial charge in [0, 0.05) is 18.6 Å². The fourth-order valence-corrected chi connectivity index (χ4v) is 0.940. The van der Waals surface area contributed by atoms with E-state index >= 15 is 0 Å². The van der Waals surface area contributed by atoms with Gasteiger partial charge in [-0.25, -0.2) is 14.1 Å². The van der Waals surface area contributed by atoms with E-state index in [4.69, 9.17) is 0 Å². The Morgan fingerprint density at radius 2 is 2.17 bits per heavy atom. The molecule has 0 aromatic carbocycles. The highest BCUT2D eigenvalue weighted by Gasteiger charge is 2.02. The van der Waals surface area contributed by atoms with E-state index < -0.39 is 0 Å². The average molecular weight is 163 g/mol. The van der Waals surface area contributed by atoms with Crippen LogP contribution in [-0.2, 0) is 0 Å². The molecule has 0 atom stereocenters. The summed E-state index contributed by atoms with van der Waals surface area (Å²) in [7, 11) is 0. The summed E-state index contributed by atoms with van der Waals surface area (Å²) in [6.07, 6.45) is 4.75. The van der Waals surface area contributed by atoms with Crippen LogP contribution in [0.1, 0.15) is 0 Å². The summed E-state index contributed by atoms with van der Waals surface area (Å²) < 4.78 is 14.4. The Hall–Kier alpha value is -1.71. The lowest BCUT2D eigenvalue weighted by atomic mass is 10.4. The Balaban J connectivity index is 2.55. The Bertz CT molecular complexity index is 370. The summed E-state index contributed by atoms with van der Waals surface area (Å²) >= 11 is 0. The van der Waals surface area contributed by atoms with Gasteiger partial charge in [0.1, 0.15) is 0 Å². The van der Waals surface area contributed by atoms with E-state index in [9.17, 15) is 4.39 Å². The zero-order valence-electron chi connectivity index (χ0n) is 6.18. The second-order valence-electron chi connectivity index (χ2n) is 2.26. The van der Waals surface area contributed by atoms with Gasteiger partial charge in [0.05, 0.1) is 0 Å². The summed E-state index contributed by atoms with van der Waals surface area (Å²) in [5.74, 6) is -0.149. The van der Waals surface area contributed by atoms with Gasteiger partial charge in [0.25, 0.3) is 0 Å². The Kier molecular flexibility index (Phi) is 1.59. The molecule has 2 aromatic heterocycles. The largest absolute Gasteiger partial charge is 0.235 e. The molecule has 2 rings (SSSR count). The monoisotopic (exact) mass is 163 g/mol. The van der Waals surface area contributed by atoms with Crippen molar-refractivity contribution in [1.82, 2.24) is 14.8 Å². The van der Waals surface area contributed by atoms with Crippen LogP contribution >= 0.6 is 0 Å². The highest BCUT2D eigenvalue weighted by molar-refractivity contribution is 5.22. The minimum absolute atomic E-state index is 0.225. The van der Waals surface area contributed by atoms with Gasteiger partial charge in [-0.2, -0.15) is 5.10 Å². The molecule has 0 saturated carbocycles. The molecular formula is C8H6FN3. The van der Waals surface area contributed by atoms with Crippen LogP contribution < -0.4 is 0 Å². The topological polar surface area (TPSA) is 30.7 Å². The number of nitrogens with zero attached hydrogens (tertiary/aromatic N) is 3. The Labute approximate surface area is 68.5 Å². The van der Waals surface area contributed by atoms with E-state index in [1.807, 2.05) is 0 Å². The maximum Gasteiger partial charge on any atom is 0.189 e. The summed E-state index contributed by atoms with van der Waals surface area (Å²) in [6.45, 7) is 0. The molecule has 0 radical (unpaired) electrons. The van der Waals surface area contributed by atoms with Crippen molar-refractivity contribution < 1.29 is 4.39 Å². The van der Waals surface area contributed by atoms with Crippen LogP contribution in [0.4, 0.5) is 4.39 Å². The molecule has 3 nitrogen and oxygen atoms in total. The number of pyridine rings is 1. The van der Waals surface area contributed by atoms with Crippen molar-refractivity contribution in [2.75, 3.05) is 0 Å². The first-order valence-electron chi connectivity index (χ1n) is 3.48. The van der Waals surface area contributed by atoms with Crippen molar-refractivity contribution >= 4 is 0 Å². The molecule has 0 aliphatic rings. The average Bonchev–Trinajstić information content (AvgIpc) is 2.57. The first-order valence-corrected chi connectivity index (χ1v) is 3.48. The summed E-state index contributed by atoms with van der Waals surface area (Å²) in [4.78, 5) is 3.85. The van der Waals surface area contributed by atoms with E-state index in [1.54, 1.807) is 24.5 Å². The van der Waals surface area contributed by atoms with Gasteiger partial charge in [-0.3, -0.25) is 0 Å². The highest BCUT2D eigenvalue weighted by Crippen LogP contribution is 2.06. The lowest BCUT2D eigenvalue weighted by Crippen LogP contribution is -2.00. The van der Waals surface area contributed by atoms with Gasteiger partial charge in [-0.1, -0.05) is 0 Å². The van der Waals surface area contributed by atoms with Crippen LogP contribution in [0.2, 0.25) is 0 Å². The van der Waals surface area contributed by atoms with Gasteiger partial charge in [-0.15, -0.1) is 0 Å². The van der Waals surface area contributed by atoms with Crippen LogP contribution in [0, 0.1) is 5.82 Å². The fourth-order valence-electron chi connectivity index (χ4n) is 0.940. The lowest BCUT2D eigenvalue weighted by Gasteiger charge is -1.99. The van der Waals surface area contributed by atoms with Crippen molar-refractivity contribution in [2.45, 2.75) is 0 Å². The molecule has 0 spiro atoms. The highest BCUT2D eigenvalue weighted by atomic mass is 19.1. The zero-order chi connectivity index (χ0) is 8.39. The first-order chi connectivity index (χ1) is 5.88. The normalized spacial score (nSPS) is 10.1. The Morgan fingerprint density at radius 3 is 2.83 bits per heavy atom. The van der Waals surface area contributed by atoms with Crippen LogP contribution in [0.15, 0.2) is 36.8 Å². The minimum atomic E-state index is -0.374. The second kappa shape index (κ2) is 2.73. The summed E-state index contributed by atoms with van der Waals surface area (Å²) in [6, 6.07) is 4.61. The van der Waals surface area contributed by atoms with Crippen LogP contribution in [0.5, 0.6) is 0 Å². The first kappa shape index (κ1) is 6.97. The molecule has 2 heterocycles. The second-order valence-corrected chi connectivity index (χ2v) is 2.26. The van der Waals surface area contributed by atoms with Gasteiger partial charge in [0.15, 0.2) is 11.6 Å². The van der Waals surface area contributed by atoms with Crippen LogP contribution in [-0.4, -0.2) is 14.8 Å². The maximum absolute atomic E-state index is 13.0. The number of rotatable bonds is 1. The molecule has 0 N–H and O–H groups in total. The smallest absolute Gasteiger partial charge is 0.189 e. The molecule has 0 unspecified atom stereocenters. The van der Waals surface area contributed by atoms with Crippen molar-refractivity contribution in [1.29, 1.82) is 0 Å². The third kappa shape index (κ3) is 1.07. The molecule has 0 fully saturated rings. The van der Waals surface area contributed by atoms with Crippen molar-refractivity contribution in [3.63, 3.8) is 0 Å². The van der Waals surface area contributed by atoms with E-state index in [0.717, 1.165) is 0 Å². The van der Waals surface area contributed by atoms with Gasteiger partial charge in [-0.05, 0) is 18.2 Å². The molecule has 60 valence electrons. The molecule has 0 bridgehead atoms. The molecule has 2 aromatic rings. The van der Waals surface area contributed by atoms with E-state index in [2.05, 4.69) is 10.1 Å². The molecule has 12 heavy (non-hydrogen) atoms. The van der Waals surface area contributed by atoms with Crippen LogP contribution in [0.3, 0.4) is 0 Å². The molecule has 0 aliphatic heterocycles. The molecular weight excluding hydrogens is 157 g/mol. The quantitative estimate of drug-likeness (QED) is 0.636. The van der Waals surface area contributed by atoms with E-state index in [1.165, 1.54) is 16.9 Å². The fraction of sp³-hybridized carbons (Fsp3) is 0. The molecule has 0 aliphatic carbocycles. The predicted octanol–water partition coefficient (Wildman–Crippen LogP) is 1.41. The summed E-state index contributed by atoms with van der Waals surface area (Å²) in [5, 5.41) is 3.86. The SMILES string of the molecule is Fc1cccnc1-n1cccn1. The minimum Gasteiger partial charge on any atom is -0.235 e. The van der Waals surface area contributed by atoms with Gasteiger partial charge in [0.2, 0.25) is 0 Å². The molecule has 4 heteroatoms. The number of halogens is 1. The van der Waals surface area contributed by atoms with E-state index in [-0.39, 0.29) is 11.6 Å². The lowest BCUT2D eigenvalue weighted by molar-refractivity contribution is 0.600. The standard InChI is InChI=1S/C8H6FN3/c9-7-3-1-4-10-8(7)12-6-2-5-11-12/h1-6H.